The van der Waals surface area contributed by atoms with Crippen molar-refractivity contribution in [2.24, 2.45) is 4.99 Å². The second-order valence-corrected chi connectivity index (χ2v) is 10.5. The number of benzene rings is 2. The number of carbonyl (C=O) groups excluding carboxylic acids is 1. The summed E-state index contributed by atoms with van der Waals surface area (Å²) in [6.45, 7) is -0.0547. The number of hydrogen-bond acceptors (Lipinski definition) is 7. The zero-order valence-electron chi connectivity index (χ0n) is 15.8. The van der Waals surface area contributed by atoms with E-state index in [1.165, 1.54) is 11.8 Å². The van der Waals surface area contributed by atoms with Crippen LogP contribution < -0.4 is 19.1 Å². The molecule has 3 aliphatic rings. The Hall–Kier alpha value is -2.72. The first kappa shape index (κ1) is 19.3. The summed E-state index contributed by atoms with van der Waals surface area (Å²) in [5.74, 6) is 1.45. The van der Waals surface area contributed by atoms with Gasteiger partial charge in [-0.15, -0.1) is 0 Å². The van der Waals surface area contributed by atoms with Crippen molar-refractivity contribution in [2.75, 3.05) is 29.8 Å². The van der Waals surface area contributed by atoms with Crippen LogP contribution in [-0.4, -0.2) is 55.7 Å². The fourth-order valence-electron chi connectivity index (χ4n) is 3.70. The topological polar surface area (TPSA) is 94.5 Å². The highest BCUT2D eigenvalue weighted by molar-refractivity contribution is 8.16. The van der Waals surface area contributed by atoms with E-state index in [2.05, 4.69) is 4.99 Å². The average Bonchev–Trinajstić information content (AvgIpc) is 3.38. The molecular weight excluding hydrogens is 428 g/mol. The molecule has 3 aliphatic heterocycles. The van der Waals surface area contributed by atoms with Gasteiger partial charge in [0.05, 0.1) is 17.5 Å². The molecule has 2 saturated heterocycles. The minimum atomic E-state index is -3.14. The molecule has 2 atom stereocenters. The standard InChI is InChI=1S/C20H18N2O6S2/c23-19(9-26-14-4-2-1-3-5-14)21-20-22(15-10-30(24,25)11-18(15)29-20)13-6-7-16-17(8-13)28-12-27-16/h1-8,15,18H,9-12H2/t15-,18-/m0/s1. The van der Waals surface area contributed by atoms with E-state index in [4.69, 9.17) is 14.2 Å². The third kappa shape index (κ3) is 3.72. The Morgan fingerprint density at radius 2 is 1.93 bits per heavy atom. The highest BCUT2D eigenvalue weighted by atomic mass is 32.2. The van der Waals surface area contributed by atoms with Gasteiger partial charge in [-0.05, 0) is 24.3 Å². The molecule has 0 spiro atoms. The summed E-state index contributed by atoms with van der Waals surface area (Å²) in [5, 5.41) is 0.294. The summed E-state index contributed by atoms with van der Waals surface area (Å²) in [5.41, 5.74) is 0.715. The Morgan fingerprint density at radius 1 is 1.13 bits per heavy atom. The van der Waals surface area contributed by atoms with Crippen molar-refractivity contribution in [1.29, 1.82) is 0 Å². The van der Waals surface area contributed by atoms with Gasteiger partial charge in [0.2, 0.25) is 6.79 Å². The highest BCUT2D eigenvalue weighted by Gasteiger charge is 2.49. The number of nitrogens with zero attached hydrogens (tertiary/aromatic N) is 2. The minimum Gasteiger partial charge on any atom is -0.484 e. The normalized spacial score (nSPS) is 24.8. The third-order valence-electron chi connectivity index (χ3n) is 5.03. The smallest absolute Gasteiger partial charge is 0.285 e. The fraction of sp³-hybridized carbons (Fsp3) is 0.300. The molecule has 0 bridgehead atoms. The Balaban J connectivity index is 1.41. The molecule has 0 unspecified atom stereocenters. The number of ether oxygens (including phenoxy) is 3. The molecule has 2 aromatic carbocycles. The lowest BCUT2D eigenvalue weighted by Crippen LogP contribution is -2.37. The van der Waals surface area contributed by atoms with Crippen molar-refractivity contribution in [3.05, 3.63) is 48.5 Å². The van der Waals surface area contributed by atoms with Crippen LogP contribution >= 0.6 is 11.8 Å². The van der Waals surface area contributed by atoms with Gasteiger partial charge in [0.25, 0.3) is 5.91 Å². The Labute approximate surface area is 177 Å². The van der Waals surface area contributed by atoms with E-state index >= 15 is 0 Å². The summed E-state index contributed by atoms with van der Waals surface area (Å²) in [7, 11) is -3.14. The van der Waals surface area contributed by atoms with E-state index in [-0.39, 0.29) is 36.2 Å². The van der Waals surface area contributed by atoms with E-state index in [1.807, 2.05) is 29.2 Å². The Kier molecular flexibility index (Phi) is 4.82. The molecule has 1 amide bonds. The first-order chi connectivity index (χ1) is 14.5. The first-order valence-corrected chi connectivity index (χ1v) is 12.0. The van der Waals surface area contributed by atoms with Crippen molar-refractivity contribution in [3.8, 4) is 17.2 Å². The Morgan fingerprint density at radius 3 is 2.77 bits per heavy atom. The quantitative estimate of drug-likeness (QED) is 0.705. The van der Waals surface area contributed by atoms with E-state index in [0.717, 1.165) is 0 Å². The highest BCUT2D eigenvalue weighted by Crippen LogP contribution is 2.43. The molecule has 30 heavy (non-hydrogen) atoms. The molecule has 2 fully saturated rings. The first-order valence-electron chi connectivity index (χ1n) is 9.34. The zero-order chi connectivity index (χ0) is 20.7. The fourth-order valence-corrected chi connectivity index (χ4v) is 7.63. The number of rotatable bonds is 4. The molecule has 156 valence electrons. The summed E-state index contributed by atoms with van der Waals surface area (Å²) in [6, 6.07) is 14.1. The van der Waals surface area contributed by atoms with E-state index in [9.17, 15) is 13.2 Å². The van der Waals surface area contributed by atoms with Crippen LogP contribution in [0.25, 0.3) is 0 Å². The number of hydrogen-bond donors (Lipinski definition) is 0. The average molecular weight is 447 g/mol. The maximum atomic E-state index is 12.5. The van der Waals surface area contributed by atoms with Gasteiger partial charge in [-0.3, -0.25) is 4.79 Å². The predicted molar refractivity (Wildman–Crippen MR) is 113 cm³/mol. The molecule has 0 N–H and O–H groups in total. The van der Waals surface area contributed by atoms with Crippen LogP contribution in [0.5, 0.6) is 17.2 Å². The van der Waals surface area contributed by atoms with Crippen molar-refractivity contribution < 1.29 is 27.4 Å². The third-order valence-corrected chi connectivity index (χ3v) is 8.24. The Bertz CT molecular complexity index is 1120. The van der Waals surface area contributed by atoms with Gasteiger partial charge in [-0.2, -0.15) is 4.99 Å². The molecule has 2 aromatic rings. The van der Waals surface area contributed by atoms with Crippen LogP contribution in [0.4, 0.5) is 5.69 Å². The number of thioether (sulfide) groups is 1. The number of para-hydroxylation sites is 1. The largest absolute Gasteiger partial charge is 0.484 e. The van der Waals surface area contributed by atoms with Gasteiger partial charge in [-0.25, -0.2) is 8.42 Å². The summed E-state index contributed by atoms with van der Waals surface area (Å²) < 4.78 is 40.7. The number of fused-ring (bicyclic) bond motifs is 2. The SMILES string of the molecule is O=C(COc1ccccc1)N=C1S[C@H]2CS(=O)(=O)C[C@@H]2N1c1ccc2c(c1)OCO2. The van der Waals surface area contributed by atoms with Crippen molar-refractivity contribution in [3.63, 3.8) is 0 Å². The van der Waals surface area contributed by atoms with Gasteiger partial charge >= 0.3 is 0 Å². The van der Waals surface area contributed by atoms with Crippen molar-refractivity contribution in [1.82, 2.24) is 0 Å². The van der Waals surface area contributed by atoms with Gasteiger partial charge < -0.3 is 19.1 Å². The summed E-state index contributed by atoms with van der Waals surface area (Å²) in [6.07, 6.45) is 0. The second kappa shape index (κ2) is 7.51. The molecular formula is C20H18N2O6S2. The lowest BCUT2D eigenvalue weighted by atomic mass is 10.2. The van der Waals surface area contributed by atoms with Crippen LogP contribution in [0.3, 0.4) is 0 Å². The van der Waals surface area contributed by atoms with E-state index in [0.29, 0.717) is 28.1 Å². The lowest BCUT2D eigenvalue weighted by Gasteiger charge is -2.24. The van der Waals surface area contributed by atoms with E-state index < -0.39 is 15.7 Å². The molecule has 0 aliphatic carbocycles. The molecule has 3 heterocycles. The zero-order valence-corrected chi connectivity index (χ0v) is 17.4. The summed E-state index contributed by atoms with van der Waals surface area (Å²) in [4.78, 5) is 18.5. The van der Waals surface area contributed by atoms with Gasteiger partial charge in [0.15, 0.2) is 33.1 Å². The molecule has 8 nitrogen and oxygen atoms in total. The van der Waals surface area contributed by atoms with Gasteiger partial charge in [0, 0.05) is 17.0 Å². The van der Waals surface area contributed by atoms with Crippen LogP contribution in [0.2, 0.25) is 0 Å². The maximum Gasteiger partial charge on any atom is 0.285 e. The number of sulfone groups is 1. The maximum absolute atomic E-state index is 12.5. The molecule has 0 radical (unpaired) electrons. The second-order valence-electron chi connectivity index (χ2n) is 7.10. The number of aliphatic imine (C=N–C) groups is 1. The lowest BCUT2D eigenvalue weighted by molar-refractivity contribution is -0.119. The number of carbonyl (C=O) groups is 1. The molecule has 10 heteroatoms. The van der Waals surface area contributed by atoms with Crippen molar-refractivity contribution in [2.45, 2.75) is 11.3 Å². The van der Waals surface area contributed by atoms with Gasteiger partial charge in [-0.1, -0.05) is 30.0 Å². The predicted octanol–water partition coefficient (Wildman–Crippen LogP) is 2.10. The summed E-state index contributed by atoms with van der Waals surface area (Å²) >= 11 is 1.32. The number of anilines is 1. The van der Waals surface area contributed by atoms with Crippen molar-refractivity contribution >= 4 is 38.4 Å². The monoisotopic (exact) mass is 446 g/mol. The van der Waals surface area contributed by atoms with E-state index in [1.54, 1.807) is 24.3 Å². The van der Waals surface area contributed by atoms with Gasteiger partial charge in [0.1, 0.15) is 5.75 Å². The molecule has 0 aromatic heterocycles. The van der Waals surface area contributed by atoms with Crippen LogP contribution in [-0.2, 0) is 14.6 Å². The van der Waals surface area contributed by atoms with Crippen LogP contribution in [0, 0.1) is 0 Å². The van der Waals surface area contributed by atoms with Crippen LogP contribution in [0.1, 0.15) is 0 Å². The number of amides is 1. The van der Waals surface area contributed by atoms with Crippen LogP contribution in [0.15, 0.2) is 53.5 Å². The minimum absolute atomic E-state index is 0.0207. The molecule has 0 saturated carbocycles. The number of amidine groups is 1. The molecule has 5 rings (SSSR count).